The fraction of sp³-hybridized carbons (Fsp3) is 0.480. The lowest BCUT2D eigenvalue weighted by atomic mass is 9.95. The van der Waals surface area contributed by atoms with Crippen LogP contribution in [0.3, 0.4) is 0 Å². The second-order valence-electron chi connectivity index (χ2n) is 8.78. The van der Waals surface area contributed by atoms with Gasteiger partial charge in [-0.3, -0.25) is 4.79 Å². The Morgan fingerprint density at radius 1 is 1.07 bits per heavy atom. The molecule has 1 aliphatic carbocycles. The highest BCUT2D eigenvalue weighted by Gasteiger charge is 2.31. The Bertz CT molecular complexity index is 881. The molecule has 5 heteroatoms. The summed E-state index contributed by atoms with van der Waals surface area (Å²) in [4.78, 5) is 12.7. The molecular weight excluding hydrogens is 380 g/mol. The molecule has 1 unspecified atom stereocenters. The summed E-state index contributed by atoms with van der Waals surface area (Å²) in [5.41, 5.74) is 1.15. The third kappa shape index (κ3) is 4.72. The molecule has 0 saturated heterocycles. The molecule has 2 aromatic carbocycles. The SMILES string of the molecule is CC(C)COc1cc(O)c2c(c1)OC(c1ccc(OCC3CCCC3)cc1)CC2=O. The zero-order chi connectivity index (χ0) is 21.1. The molecule has 1 fully saturated rings. The van der Waals surface area contributed by atoms with Crippen LogP contribution in [0.1, 0.15) is 68.0 Å². The second-order valence-corrected chi connectivity index (χ2v) is 8.78. The van der Waals surface area contributed by atoms with E-state index in [0.717, 1.165) is 17.9 Å². The van der Waals surface area contributed by atoms with E-state index in [1.54, 1.807) is 6.07 Å². The maximum absolute atomic E-state index is 12.7. The molecule has 0 aromatic heterocycles. The van der Waals surface area contributed by atoms with Crippen LogP contribution in [-0.2, 0) is 0 Å². The van der Waals surface area contributed by atoms with Gasteiger partial charge in [-0.05, 0) is 42.4 Å². The topological polar surface area (TPSA) is 65.0 Å². The standard InChI is InChI=1S/C25H30O5/c1-16(2)14-28-20-11-21(26)25-22(27)13-23(30-24(25)12-20)18-7-9-19(10-8-18)29-15-17-5-3-4-6-17/h7-12,16-17,23,26H,3-6,13-15H2,1-2H3. The Balaban J connectivity index is 1.45. The predicted molar refractivity (Wildman–Crippen MR) is 115 cm³/mol. The molecule has 1 saturated carbocycles. The molecule has 1 heterocycles. The van der Waals surface area contributed by atoms with Gasteiger partial charge in [0.2, 0.25) is 0 Å². The van der Waals surface area contributed by atoms with Gasteiger partial charge in [0.15, 0.2) is 5.78 Å². The normalized spacial score (nSPS) is 18.9. The van der Waals surface area contributed by atoms with Crippen molar-refractivity contribution in [2.75, 3.05) is 13.2 Å². The molecule has 160 valence electrons. The van der Waals surface area contributed by atoms with Crippen LogP contribution in [-0.4, -0.2) is 24.1 Å². The molecule has 0 bridgehead atoms. The zero-order valence-corrected chi connectivity index (χ0v) is 17.7. The minimum atomic E-state index is -0.395. The molecule has 2 aromatic rings. The lowest BCUT2D eigenvalue weighted by Gasteiger charge is -2.26. The number of hydrogen-bond acceptors (Lipinski definition) is 5. The number of hydrogen-bond donors (Lipinski definition) is 1. The van der Waals surface area contributed by atoms with Gasteiger partial charge in [0.05, 0.1) is 19.6 Å². The number of aromatic hydroxyl groups is 1. The Morgan fingerprint density at radius 3 is 2.50 bits per heavy atom. The van der Waals surface area contributed by atoms with Gasteiger partial charge in [-0.2, -0.15) is 0 Å². The van der Waals surface area contributed by atoms with Crippen LogP contribution in [0.4, 0.5) is 0 Å². The summed E-state index contributed by atoms with van der Waals surface area (Å²) in [7, 11) is 0. The highest BCUT2D eigenvalue weighted by atomic mass is 16.5. The molecule has 1 N–H and O–H groups in total. The van der Waals surface area contributed by atoms with Gasteiger partial charge in [-0.15, -0.1) is 0 Å². The number of Topliss-reactive ketones (excluding diaryl/α,β-unsaturated/α-hetero) is 1. The summed E-state index contributed by atoms with van der Waals surface area (Å²) in [6, 6.07) is 11.0. The van der Waals surface area contributed by atoms with E-state index in [4.69, 9.17) is 14.2 Å². The maximum atomic E-state index is 12.7. The smallest absolute Gasteiger partial charge is 0.174 e. The second kappa shape index (κ2) is 8.99. The van der Waals surface area contributed by atoms with Crippen LogP contribution in [0, 0.1) is 11.8 Å². The number of phenols is 1. The Kier molecular flexibility index (Phi) is 6.16. The van der Waals surface area contributed by atoms with Crippen molar-refractivity contribution in [1.82, 2.24) is 0 Å². The van der Waals surface area contributed by atoms with Gasteiger partial charge >= 0.3 is 0 Å². The van der Waals surface area contributed by atoms with E-state index < -0.39 is 6.10 Å². The largest absolute Gasteiger partial charge is 0.507 e. The Hall–Kier alpha value is -2.69. The van der Waals surface area contributed by atoms with Crippen LogP contribution in [0.15, 0.2) is 36.4 Å². The number of carbonyl (C=O) groups is 1. The molecule has 0 radical (unpaired) electrons. The quantitative estimate of drug-likeness (QED) is 0.634. The zero-order valence-electron chi connectivity index (χ0n) is 17.7. The van der Waals surface area contributed by atoms with Crippen LogP contribution >= 0.6 is 0 Å². The van der Waals surface area contributed by atoms with Crippen molar-refractivity contribution in [1.29, 1.82) is 0 Å². The van der Waals surface area contributed by atoms with Crippen molar-refractivity contribution in [3.05, 3.63) is 47.5 Å². The average Bonchev–Trinajstić information content (AvgIpc) is 3.24. The molecular formula is C25H30O5. The molecule has 0 amide bonds. The summed E-state index contributed by atoms with van der Waals surface area (Å²) in [6.45, 7) is 5.40. The van der Waals surface area contributed by atoms with E-state index in [1.165, 1.54) is 31.7 Å². The van der Waals surface area contributed by atoms with Crippen molar-refractivity contribution in [2.24, 2.45) is 11.8 Å². The lowest BCUT2D eigenvalue weighted by Crippen LogP contribution is -2.20. The van der Waals surface area contributed by atoms with Crippen LogP contribution in [0.5, 0.6) is 23.0 Å². The summed E-state index contributed by atoms with van der Waals surface area (Å²) < 4.78 is 17.7. The molecule has 1 aliphatic heterocycles. The van der Waals surface area contributed by atoms with Crippen molar-refractivity contribution in [3.8, 4) is 23.0 Å². The minimum Gasteiger partial charge on any atom is -0.507 e. The first-order chi connectivity index (χ1) is 14.5. The van der Waals surface area contributed by atoms with E-state index in [2.05, 4.69) is 13.8 Å². The van der Waals surface area contributed by atoms with Crippen LogP contribution < -0.4 is 14.2 Å². The van der Waals surface area contributed by atoms with Gasteiger partial charge in [-0.25, -0.2) is 0 Å². The number of ketones is 1. The summed E-state index contributed by atoms with van der Waals surface area (Å²) >= 11 is 0. The number of phenolic OH excluding ortho intramolecular Hbond substituents is 1. The summed E-state index contributed by atoms with van der Waals surface area (Å²) in [6.07, 6.45) is 4.92. The average molecular weight is 411 g/mol. The molecule has 30 heavy (non-hydrogen) atoms. The first-order valence-corrected chi connectivity index (χ1v) is 10.9. The highest BCUT2D eigenvalue weighted by Crippen LogP contribution is 2.42. The third-order valence-electron chi connectivity index (χ3n) is 5.77. The lowest BCUT2D eigenvalue weighted by molar-refractivity contribution is 0.0844. The van der Waals surface area contributed by atoms with E-state index in [0.29, 0.717) is 29.9 Å². The predicted octanol–water partition coefficient (Wildman–Crippen LogP) is 5.70. The van der Waals surface area contributed by atoms with Gasteiger partial charge in [-0.1, -0.05) is 38.8 Å². The maximum Gasteiger partial charge on any atom is 0.174 e. The van der Waals surface area contributed by atoms with Crippen molar-refractivity contribution >= 4 is 5.78 Å². The van der Waals surface area contributed by atoms with E-state index >= 15 is 0 Å². The number of ether oxygens (including phenoxy) is 3. The molecule has 1 atom stereocenters. The monoisotopic (exact) mass is 410 g/mol. The molecule has 4 rings (SSSR count). The fourth-order valence-corrected chi connectivity index (χ4v) is 4.12. The van der Waals surface area contributed by atoms with Gasteiger partial charge in [0.25, 0.3) is 0 Å². The summed E-state index contributed by atoms with van der Waals surface area (Å²) in [5.74, 6) is 2.52. The number of carbonyl (C=O) groups excluding carboxylic acids is 1. The molecule has 5 nitrogen and oxygen atoms in total. The van der Waals surface area contributed by atoms with E-state index in [-0.39, 0.29) is 23.5 Å². The van der Waals surface area contributed by atoms with Crippen LogP contribution in [0.25, 0.3) is 0 Å². The number of fused-ring (bicyclic) bond motifs is 1. The van der Waals surface area contributed by atoms with Crippen molar-refractivity contribution in [2.45, 2.75) is 52.1 Å². The summed E-state index contributed by atoms with van der Waals surface area (Å²) in [5, 5.41) is 10.3. The third-order valence-corrected chi connectivity index (χ3v) is 5.77. The highest BCUT2D eigenvalue weighted by molar-refractivity contribution is 6.02. The number of benzene rings is 2. The first-order valence-electron chi connectivity index (χ1n) is 10.9. The molecule has 2 aliphatic rings. The van der Waals surface area contributed by atoms with Crippen LogP contribution in [0.2, 0.25) is 0 Å². The van der Waals surface area contributed by atoms with Gasteiger partial charge < -0.3 is 19.3 Å². The van der Waals surface area contributed by atoms with Crippen molar-refractivity contribution < 1.29 is 24.1 Å². The van der Waals surface area contributed by atoms with Gasteiger partial charge in [0.1, 0.15) is 34.7 Å². The van der Waals surface area contributed by atoms with E-state index in [1.807, 2.05) is 24.3 Å². The number of rotatable bonds is 7. The van der Waals surface area contributed by atoms with Gasteiger partial charge in [0, 0.05) is 12.1 Å². The fourth-order valence-electron chi connectivity index (χ4n) is 4.12. The Labute approximate surface area is 178 Å². The van der Waals surface area contributed by atoms with E-state index in [9.17, 15) is 9.90 Å². The molecule has 0 spiro atoms. The Morgan fingerprint density at radius 2 is 1.80 bits per heavy atom. The first kappa shape index (κ1) is 20.6. The minimum absolute atomic E-state index is 0.0923. The van der Waals surface area contributed by atoms with Crippen molar-refractivity contribution in [3.63, 3.8) is 0 Å².